The van der Waals surface area contributed by atoms with Gasteiger partial charge >= 0.3 is 0 Å². The van der Waals surface area contributed by atoms with Crippen molar-refractivity contribution in [2.24, 2.45) is 0 Å². The molecule has 0 radical (unpaired) electrons. The molecule has 2 fully saturated rings. The van der Waals surface area contributed by atoms with Gasteiger partial charge in [0.25, 0.3) is 0 Å². The molecule has 1 atom stereocenters. The summed E-state index contributed by atoms with van der Waals surface area (Å²) < 4.78 is 0. The van der Waals surface area contributed by atoms with Crippen LogP contribution in [0.4, 0.5) is 0 Å². The summed E-state index contributed by atoms with van der Waals surface area (Å²) in [4.78, 5) is 14.3. The van der Waals surface area contributed by atoms with Crippen molar-refractivity contribution >= 4 is 5.91 Å². The van der Waals surface area contributed by atoms with E-state index in [0.29, 0.717) is 18.6 Å². The van der Waals surface area contributed by atoms with Crippen LogP contribution >= 0.6 is 0 Å². The average molecular weight is 258 g/mol. The van der Waals surface area contributed by atoms with Crippen LogP contribution in [0.1, 0.15) is 31.2 Å². The minimum atomic E-state index is 0.283. The van der Waals surface area contributed by atoms with E-state index in [1.54, 1.807) is 0 Å². The highest BCUT2D eigenvalue weighted by atomic mass is 16.2. The maximum atomic E-state index is 12.2. The molecule has 1 aliphatic heterocycles. The zero-order valence-corrected chi connectivity index (χ0v) is 11.3. The number of benzene rings is 1. The zero-order chi connectivity index (χ0) is 13.1. The van der Waals surface area contributed by atoms with Crippen LogP contribution < -0.4 is 5.32 Å². The second kappa shape index (κ2) is 5.74. The molecule has 1 heterocycles. The predicted molar refractivity (Wildman–Crippen MR) is 75.9 cm³/mol. The molecule has 1 aliphatic carbocycles. The van der Waals surface area contributed by atoms with Crippen molar-refractivity contribution in [1.29, 1.82) is 0 Å². The molecule has 1 aromatic rings. The van der Waals surface area contributed by atoms with Gasteiger partial charge in [-0.15, -0.1) is 0 Å². The minimum Gasteiger partial charge on any atom is -0.338 e. The molecule has 0 spiro atoms. The third-order valence-corrected chi connectivity index (χ3v) is 4.13. The van der Waals surface area contributed by atoms with E-state index in [9.17, 15) is 4.79 Å². The standard InChI is InChI=1S/C16H22N2O/c19-16(12-17-14-8-9-14)18-10-4-7-15(18)11-13-5-2-1-3-6-13/h1-3,5-6,14-15,17H,4,7-12H2. The Morgan fingerprint density at radius 3 is 2.74 bits per heavy atom. The molecule has 1 saturated carbocycles. The van der Waals surface area contributed by atoms with Gasteiger partial charge in [0.05, 0.1) is 6.54 Å². The van der Waals surface area contributed by atoms with Crippen LogP contribution in [0.2, 0.25) is 0 Å². The summed E-state index contributed by atoms with van der Waals surface area (Å²) in [6.45, 7) is 1.46. The number of hydrogen-bond donors (Lipinski definition) is 1. The number of amides is 1. The van der Waals surface area contributed by atoms with Crippen LogP contribution in [0.25, 0.3) is 0 Å². The second-order valence-corrected chi connectivity index (χ2v) is 5.73. The Morgan fingerprint density at radius 1 is 1.21 bits per heavy atom. The van der Waals surface area contributed by atoms with Crippen LogP contribution in [0.5, 0.6) is 0 Å². The number of carbonyl (C=O) groups excluding carboxylic acids is 1. The molecule has 0 bridgehead atoms. The molecule has 2 aliphatic rings. The molecular formula is C16H22N2O. The number of hydrogen-bond acceptors (Lipinski definition) is 2. The Balaban J connectivity index is 1.55. The van der Waals surface area contributed by atoms with Crippen molar-refractivity contribution in [2.75, 3.05) is 13.1 Å². The monoisotopic (exact) mass is 258 g/mol. The molecular weight excluding hydrogens is 236 g/mol. The lowest BCUT2D eigenvalue weighted by molar-refractivity contribution is -0.131. The first-order chi connectivity index (χ1) is 9.33. The molecule has 1 amide bonds. The SMILES string of the molecule is O=C(CNC1CC1)N1CCCC1Cc1ccccc1. The average Bonchev–Trinajstić information content (AvgIpc) is 3.16. The van der Waals surface area contributed by atoms with Crippen molar-refractivity contribution < 1.29 is 4.79 Å². The molecule has 3 rings (SSSR count). The van der Waals surface area contributed by atoms with E-state index in [4.69, 9.17) is 0 Å². The first kappa shape index (κ1) is 12.7. The summed E-state index contributed by atoms with van der Waals surface area (Å²) in [7, 11) is 0. The Hall–Kier alpha value is -1.35. The Bertz CT molecular complexity index is 428. The van der Waals surface area contributed by atoms with Gasteiger partial charge in [0.1, 0.15) is 0 Å². The van der Waals surface area contributed by atoms with Crippen molar-refractivity contribution in [3.05, 3.63) is 35.9 Å². The fourth-order valence-electron chi connectivity index (χ4n) is 2.88. The lowest BCUT2D eigenvalue weighted by Crippen LogP contribution is -2.42. The highest BCUT2D eigenvalue weighted by Gasteiger charge is 2.29. The maximum absolute atomic E-state index is 12.2. The van der Waals surface area contributed by atoms with Crippen LogP contribution in [0.3, 0.4) is 0 Å². The van der Waals surface area contributed by atoms with E-state index in [-0.39, 0.29) is 5.91 Å². The van der Waals surface area contributed by atoms with Gasteiger partial charge in [0.2, 0.25) is 5.91 Å². The van der Waals surface area contributed by atoms with Gasteiger partial charge in [0, 0.05) is 18.6 Å². The summed E-state index contributed by atoms with van der Waals surface area (Å²) in [5.74, 6) is 0.283. The Morgan fingerprint density at radius 2 is 2.00 bits per heavy atom. The second-order valence-electron chi connectivity index (χ2n) is 5.73. The van der Waals surface area contributed by atoms with Crippen LogP contribution in [0.15, 0.2) is 30.3 Å². The lowest BCUT2D eigenvalue weighted by atomic mass is 10.0. The number of nitrogens with one attached hydrogen (secondary N) is 1. The van der Waals surface area contributed by atoms with E-state index in [0.717, 1.165) is 25.8 Å². The number of likely N-dealkylation sites (tertiary alicyclic amines) is 1. The molecule has 102 valence electrons. The fourth-order valence-corrected chi connectivity index (χ4v) is 2.88. The summed E-state index contributed by atoms with van der Waals surface area (Å²) >= 11 is 0. The minimum absolute atomic E-state index is 0.283. The van der Waals surface area contributed by atoms with Crippen molar-refractivity contribution in [3.8, 4) is 0 Å². The van der Waals surface area contributed by atoms with Crippen LogP contribution in [-0.4, -0.2) is 36.0 Å². The molecule has 0 aromatic heterocycles. The van der Waals surface area contributed by atoms with E-state index in [1.165, 1.54) is 18.4 Å². The van der Waals surface area contributed by atoms with E-state index < -0.39 is 0 Å². The molecule has 1 unspecified atom stereocenters. The number of rotatable bonds is 5. The Kier molecular flexibility index (Phi) is 3.83. The van der Waals surface area contributed by atoms with Gasteiger partial charge in [-0.05, 0) is 37.7 Å². The molecule has 1 aromatic carbocycles. The normalized spacial score (nSPS) is 22.7. The summed E-state index contributed by atoms with van der Waals surface area (Å²) in [5, 5.41) is 3.33. The quantitative estimate of drug-likeness (QED) is 0.876. The largest absolute Gasteiger partial charge is 0.338 e. The predicted octanol–water partition coefficient (Wildman–Crippen LogP) is 1.97. The van der Waals surface area contributed by atoms with Crippen LogP contribution in [-0.2, 0) is 11.2 Å². The fraction of sp³-hybridized carbons (Fsp3) is 0.562. The zero-order valence-electron chi connectivity index (χ0n) is 11.3. The van der Waals surface area contributed by atoms with Gasteiger partial charge in [-0.3, -0.25) is 4.79 Å². The van der Waals surface area contributed by atoms with Gasteiger partial charge in [-0.2, -0.15) is 0 Å². The van der Waals surface area contributed by atoms with E-state index >= 15 is 0 Å². The highest BCUT2D eigenvalue weighted by molar-refractivity contribution is 5.79. The van der Waals surface area contributed by atoms with Crippen molar-refractivity contribution in [1.82, 2.24) is 10.2 Å². The summed E-state index contributed by atoms with van der Waals surface area (Å²) in [6.07, 6.45) is 5.76. The van der Waals surface area contributed by atoms with Gasteiger partial charge in [-0.25, -0.2) is 0 Å². The maximum Gasteiger partial charge on any atom is 0.236 e. The summed E-state index contributed by atoms with van der Waals surface area (Å²) in [5.41, 5.74) is 1.34. The summed E-state index contributed by atoms with van der Waals surface area (Å²) in [6, 6.07) is 11.5. The molecule has 1 saturated heterocycles. The molecule has 3 heteroatoms. The van der Waals surface area contributed by atoms with E-state index in [1.807, 2.05) is 6.07 Å². The number of nitrogens with zero attached hydrogens (tertiary/aromatic N) is 1. The van der Waals surface area contributed by atoms with Crippen LogP contribution in [0, 0.1) is 0 Å². The van der Waals surface area contributed by atoms with Crippen molar-refractivity contribution in [2.45, 2.75) is 44.2 Å². The molecule has 19 heavy (non-hydrogen) atoms. The van der Waals surface area contributed by atoms with Gasteiger partial charge in [0.15, 0.2) is 0 Å². The number of carbonyl (C=O) groups is 1. The lowest BCUT2D eigenvalue weighted by Gasteiger charge is -2.25. The highest BCUT2D eigenvalue weighted by Crippen LogP contribution is 2.22. The van der Waals surface area contributed by atoms with Gasteiger partial charge in [-0.1, -0.05) is 30.3 Å². The van der Waals surface area contributed by atoms with E-state index in [2.05, 4.69) is 34.5 Å². The van der Waals surface area contributed by atoms with Crippen molar-refractivity contribution in [3.63, 3.8) is 0 Å². The first-order valence-corrected chi connectivity index (χ1v) is 7.40. The topological polar surface area (TPSA) is 32.3 Å². The third-order valence-electron chi connectivity index (χ3n) is 4.13. The third kappa shape index (κ3) is 3.35. The first-order valence-electron chi connectivity index (χ1n) is 7.40. The Labute approximate surface area is 115 Å². The molecule has 1 N–H and O–H groups in total. The molecule has 3 nitrogen and oxygen atoms in total. The van der Waals surface area contributed by atoms with Gasteiger partial charge < -0.3 is 10.2 Å². The smallest absolute Gasteiger partial charge is 0.236 e.